The lowest BCUT2D eigenvalue weighted by atomic mass is 9.84. The monoisotopic (exact) mass is 473 g/mol. The molecular weight excluding hydrogens is 438 g/mol. The number of amides is 4. The molecule has 2 saturated carbocycles. The van der Waals surface area contributed by atoms with Crippen molar-refractivity contribution >= 4 is 23.9 Å². The largest absolute Gasteiger partial charge is 0.331 e. The van der Waals surface area contributed by atoms with Crippen LogP contribution in [0.2, 0.25) is 0 Å². The number of carbonyl (C=O) groups is 3. The SMILES string of the molecule is Cc1cc(/C=C2\C(=O)NC(=O)N(C3CCCCC3)C2=O)c(C)n1-c1ccc(C2CCCCC2)cc1. The number of benzene rings is 1. The minimum Gasteiger partial charge on any atom is -0.318 e. The maximum atomic E-state index is 13.3. The summed E-state index contributed by atoms with van der Waals surface area (Å²) in [5, 5.41) is 2.39. The van der Waals surface area contributed by atoms with Gasteiger partial charge in [-0.2, -0.15) is 0 Å². The summed E-state index contributed by atoms with van der Waals surface area (Å²) in [5.74, 6) is -0.434. The Kier molecular flexibility index (Phi) is 6.63. The fourth-order valence-corrected chi connectivity index (χ4v) is 6.16. The van der Waals surface area contributed by atoms with Crippen LogP contribution in [0, 0.1) is 13.8 Å². The third kappa shape index (κ3) is 4.58. The van der Waals surface area contributed by atoms with E-state index in [1.165, 1.54) is 42.6 Å². The van der Waals surface area contributed by atoms with Crippen LogP contribution in [0.3, 0.4) is 0 Å². The Balaban J connectivity index is 1.43. The van der Waals surface area contributed by atoms with E-state index >= 15 is 0 Å². The van der Waals surface area contributed by atoms with Crippen molar-refractivity contribution in [2.45, 2.75) is 90.0 Å². The first kappa shape index (κ1) is 23.6. The lowest BCUT2D eigenvalue weighted by molar-refractivity contribution is -0.132. The number of urea groups is 1. The number of carbonyl (C=O) groups excluding carboxylic acids is 3. The van der Waals surface area contributed by atoms with Crippen molar-refractivity contribution in [1.82, 2.24) is 14.8 Å². The van der Waals surface area contributed by atoms with Gasteiger partial charge in [0.1, 0.15) is 5.57 Å². The second-order valence-electron chi connectivity index (χ2n) is 10.4. The van der Waals surface area contributed by atoms with Crippen molar-refractivity contribution in [1.29, 1.82) is 0 Å². The summed E-state index contributed by atoms with van der Waals surface area (Å²) in [6.45, 7) is 4.04. The van der Waals surface area contributed by atoms with Gasteiger partial charge in [0, 0.05) is 23.1 Å². The van der Waals surface area contributed by atoms with Gasteiger partial charge in [-0.15, -0.1) is 0 Å². The molecule has 0 radical (unpaired) electrons. The van der Waals surface area contributed by atoms with Gasteiger partial charge in [0.25, 0.3) is 11.8 Å². The highest BCUT2D eigenvalue weighted by atomic mass is 16.2. The molecule has 2 heterocycles. The van der Waals surface area contributed by atoms with Crippen LogP contribution in [-0.2, 0) is 9.59 Å². The lowest BCUT2D eigenvalue weighted by Crippen LogP contribution is -2.58. The molecule has 1 saturated heterocycles. The maximum Gasteiger partial charge on any atom is 0.331 e. The van der Waals surface area contributed by atoms with E-state index < -0.39 is 17.8 Å². The molecule has 6 nitrogen and oxygen atoms in total. The second kappa shape index (κ2) is 9.84. The molecule has 2 aliphatic carbocycles. The van der Waals surface area contributed by atoms with Gasteiger partial charge in [0.2, 0.25) is 0 Å². The minimum atomic E-state index is -0.617. The number of hydrogen-bond acceptors (Lipinski definition) is 3. The van der Waals surface area contributed by atoms with Crippen LogP contribution in [0.4, 0.5) is 4.79 Å². The summed E-state index contributed by atoms with van der Waals surface area (Å²) in [4.78, 5) is 39.7. The molecule has 0 spiro atoms. The van der Waals surface area contributed by atoms with Crippen LogP contribution in [0.5, 0.6) is 0 Å². The molecule has 0 atom stereocenters. The zero-order valence-corrected chi connectivity index (χ0v) is 20.8. The minimum absolute atomic E-state index is 0.0306. The number of nitrogens with zero attached hydrogens (tertiary/aromatic N) is 2. The molecule has 4 amide bonds. The molecular formula is C29H35N3O3. The smallest absolute Gasteiger partial charge is 0.318 e. The van der Waals surface area contributed by atoms with E-state index in [0.717, 1.165) is 54.7 Å². The van der Waals surface area contributed by atoms with Gasteiger partial charge >= 0.3 is 6.03 Å². The van der Waals surface area contributed by atoms with E-state index in [1.807, 2.05) is 19.9 Å². The van der Waals surface area contributed by atoms with Crippen LogP contribution in [-0.4, -0.2) is 33.4 Å². The molecule has 5 rings (SSSR count). The van der Waals surface area contributed by atoms with Crippen molar-refractivity contribution in [2.24, 2.45) is 0 Å². The quantitative estimate of drug-likeness (QED) is 0.441. The molecule has 1 aliphatic heterocycles. The third-order valence-corrected chi connectivity index (χ3v) is 8.07. The third-order valence-electron chi connectivity index (χ3n) is 8.07. The van der Waals surface area contributed by atoms with Crippen molar-refractivity contribution in [3.05, 3.63) is 58.4 Å². The van der Waals surface area contributed by atoms with Crippen molar-refractivity contribution in [3.8, 4) is 5.69 Å². The van der Waals surface area contributed by atoms with Crippen molar-refractivity contribution in [3.63, 3.8) is 0 Å². The number of hydrogen-bond donors (Lipinski definition) is 1. The van der Waals surface area contributed by atoms with E-state index in [9.17, 15) is 14.4 Å². The van der Waals surface area contributed by atoms with Gasteiger partial charge in [-0.3, -0.25) is 19.8 Å². The standard InChI is InChI=1S/C29H35N3O3/c1-19-17-23(18-26-27(33)30-29(35)32(28(26)34)24-11-7-4-8-12-24)20(2)31(19)25-15-13-22(14-16-25)21-9-5-3-6-10-21/h13-18,21,24H,3-12H2,1-2H3,(H,30,33,35)/b26-18+. The van der Waals surface area contributed by atoms with Gasteiger partial charge in [-0.25, -0.2) is 4.79 Å². The Morgan fingerprint density at radius 3 is 2.14 bits per heavy atom. The highest BCUT2D eigenvalue weighted by Gasteiger charge is 2.40. The molecule has 0 unspecified atom stereocenters. The van der Waals surface area contributed by atoms with Crippen LogP contribution >= 0.6 is 0 Å². The topological polar surface area (TPSA) is 71.4 Å². The molecule has 184 valence electrons. The zero-order chi connectivity index (χ0) is 24.5. The number of aromatic nitrogens is 1. The summed E-state index contributed by atoms with van der Waals surface area (Å²) in [6, 6.07) is 10.1. The Hall–Kier alpha value is -3.15. The first-order chi connectivity index (χ1) is 16.9. The number of nitrogens with one attached hydrogen (secondary N) is 1. The lowest BCUT2D eigenvalue weighted by Gasteiger charge is -2.35. The fourth-order valence-electron chi connectivity index (χ4n) is 6.16. The molecule has 3 aliphatic rings. The normalized spacial score (nSPS) is 21.6. The zero-order valence-electron chi connectivity index (χ0n) is 20.8. The second-order valence-corrected chi connectivity index (χ2v) is 10.4. The first-order valence-electron chi connectivity index (χ1n) is 13.1. The van der Waals surface area contributed by atoms with Crippen LogP contribution < -0.4 is 5.32 Å². The van der Waals surface area contributed by atoms with E-state index in [4.69, 9.17) is 0 Å². The van der Waals surface area contributed by atoms with Gasteiger partial charge in [-0.05, 0) is 80.9 Å². The molecule has 0 bridgehead atoms. The summed E-state index contributed by atoms with van der Waals surface area (Å²) >= 11 is 0. The summed E-state index contributed by atoms with van der Waals surface area (Å²) in [5.41, 5.74) is 5.32. The molecule has 1 aromatic heterocycles. The van der Waals surface area contributed by atoms with E-state index in [-0.39, 0.29) is 11.6 Å². The summed E-state index contributed by atoms with van der Waals surface area (Å²) < 4.78 is 2.16. The highest BCUT2D eigenvalue weighted by molar-refractivity contribution is 6.31. The van der Waals surface area contributed by atoms with E-state index in [1.54, 1.807) is 6.08 Å². The summed E-state index contributed by atoms with van der Waals surface area (Å²) in [7, 11) is 0. The first-order valence-corrected chi connectivity index (χ1v) is 13.1. The maximum absolute atomic E-state index is 13.3. The van der Waals surface area contributed by atoms with Gasteiger partial charge in [-0.1, -0.05) is 50.7 Å². The van der Waals surface area contributed by atoms with Gasteiger partial charge in [0.15, 0.2) is 0 Å². The highest BCUT2D eigenvalue weighted by Crippen LogP contribution is 2.33. The predicted octanol–water partition coefficient (Wildman–Crippen LogP) is 5.94. The van der Waals surface area contributed by atoms with Crippen LogP contribution in [0.1, 0.15) is 92.6 Å². The Morgan fingerprint density at radius 1 is 0.857 bits per heavy atom. The Morgan fingerprint density at radius 2 is 1.49 bits per heavy atom. The Bertz CT molecular complexity index is 1160. The number of aryl methyl sites for hydroxylation is 1. The van der Waals surface area contributed by atoms with Crippen LogP contribution in [0.15, 0.2) is 35.9 Å². The van der Waals surface area contributed by atoms with Crippen molar-refractivity contribution in [2.75, 3.05) is 0 Å². The molecule has 1 aromatic carbocycles. The van der Waals surface area contributed by atoms with Crippen LogP contribution in [0.25, 0.3) is 11.8 Å². The number of barbiturate groups is 1. The fraction of sp³-hybridized carbons (Fsp3) is 0.483. The average Bonchev–Trinajstić information content (AvgIpc) is 3.15. The molecule has 1 N–H and O–H groups in total. The van der Waals surface area contributed by atoms with E-state index in [2.05, 4.69) is 34.1 Å². The van der Waals surface area contributed by atoms with Gasteiger partial charge < -0.3 is 4.57 Å². The average molecular weight is 474 g/mol. The molecule has 3 fully saturated rings. The number of imide groups is 2. The molecule has 35 heavy (non-hydrogen) atoms. The molecule has 6 heteroatoms. The van der Waals surface area contributed by atoms with Gasteiger partial charge in [0.05, 0.1) is 0 Å². The van der Waals surface area contributed by atoms with Crippen molar-refractivity contribution < 1.29 is 14.4 Å². The Labute approximate surface area is 207 Å². The molecule has 2 aromatic rings. The van der Waals surface area contributed by atoms with E-state index in [0.29, 0.717) is 5.92 Å². The summed E-state index contributed by atoms with van der Waals surface area (Å²) in [6.07, 6.45) is 12.9. The number of rotatable bonds is 4. The predicted molar refractivity (Wildman–Crippen MR) is 136 cm³/mol.